The molecule has 1 fully saturated rings. The second-order valence-electron chi connectivity index (χ2n) is 17.6. The maximum Gasteiger partial charge on any atom is 0.220 e. The van der Waals surface area contributed by atoms with Crippen LogP contribution in [0.5, 0.6) is 0 Å². The van der Waals surface area contributed by atoms with Gasteiger partial charge in [-0.05, 0) is 57.8 Å². The van der Waals surface area contributed by atoms with Crippen molar-refractivity contribution in [3.8, 4) is 0 Å². The van der Waals surface area contributed by atoms with Crippen molar-refractivity contribution in [2.45, 2.75) is 249 Å². The van der Waals surface area contributed by atoms with Crippen molar-refractivity contribution in [2.75, 3.05) is 13.2 Å². The number of carbonyl (C=O) groups excluding carboxylic acids is 1. The Morgan fingerprint density at radius 2 is 0.984 bits per heavy atom. The van der Waals surface area contributed by atoms with Crippen LogP contribution in [-0.2, 0) is 14.3 Å². The molecule has 1 aliphatic rings. The molecule has 1 rings (SSSR count). The number of carbonyl (C=O) groups is 1. The molecular formula is C54H95NO8. The highest BCUT2D eigenvalue weighted by Gasteiger charge is 2.44. The molecule has 0 aromatic carbocycles. The van der Waals surface area contributed by atoms with E-state index in [1.807, 2.05) is 13.0 Å². The highest BCUT2D eigenvalue weighted by atomic mass is 16.7. The minimum absolute atomic E-state index is 0.189. The predicted octanol–water partition coefficient (Wildman–Crippen LogP) is 11.7. The zero-order valence-electron chi connectivity index (χ0n) is 40.1. The Bertz CT molecular complexity index is 1210. The van der Waals surface area contributed by atoms with Crippen molar-refractivity contribution in [1.82, 2.24) is 5.32 Å². The normalized spacial score (nSPS) is 20.8. The van der Waals surface area contributed by atoms with Crippen molar-refractivity contribution in [2.24, 2.45) is 0 Å². The molecule has 364 valence electrons. The van der Waals surface area contributed by atoms with Crippen molar-refractivity contribution in [3.05, 3.63) is 72.9 Å². The lowest BCUT2D eigenvalue weighted by molar-refractivity contribution is -0.302. The first-order chi connectivity index (χ1) is 30.8. The van der Waals surface area contributed by atoms with E-state index in [1.165, 1.54) is 122 Å². The van der Waals surface area contributed by atoms with Crippen LogP contribution in [0.15, 0.2) is 72.9 Å². The summed E-state index contributed by atoms with van der Waals surface area (Å²) in [4.78, 5) is 12.8. The lowest BCUT2D eigenvalue weighted by Crippen LogP contribution is -2.60. The van der Waals surface area contributed by atoms with Crippen LogP contribution in [0.1, 0.15) is 206 Å². The molecule has 0 radical (unpaired) electrons. The molecule has 7 atom stereocenters. The first-order valence-electron chi connectivity index (χ1n) is 25.7. The molecular weight excluding hydrogens is 791 g/mol. The number of ether oxygens (including phenoxy) is 2. The van der Waals surface area contributed by atoms with Gasteiger partial charge in [0, 0.05) is 6.42 Å². The second-order valence-corrected chi connectivity index (χ2v) is 17.6. The summed E-state index contributed by atoms with van der Waals surface area (Å²) in [6.45, 7) is 3.44. The Balaban J connectivity index is 1.94. The Labute approximate surface area is 385 Å². The van der Waals surface area contributed by atoms with Gasteiger partial charge in [-0.3, -0.25) is 4.79 Å². The molecule has 0 bridgehead atoms. The van der Waals surface area contributed by atoms with Gasteiger partial charge in [0.15, 0.2) is 6.29 Å². The van der Waals surface area contributed by atoms with Crippen molar-refractivity contribution >= 4 is 5.91 Å². The maximum atomic E-state index is 12.8. The van der Waals surface area contributed by atoms with E-state index in [2.05, 4.69) is 73.0 Å². The van der Waals surface area contributed by atoms with Gasteiger partial charge in [-0.1, -0.05) is 215 Å². The summed E-state index contributed by atoms with van der Waals surface area (Å²) in [6.07, 6.45) is 53.7. The molecule has 1 aliphatic heterocycles. The topological polar surface area (TPSA) is 149 Å². The number of hydrogen-bond donors (Lipinski definition) is 6. The zero-order valence-corrected chi connectivity index (χ0v) is 40.1. The van der Waals surface area contributed by atoms with Gasteiger partial charge in [0.05, 0.1) is 25.4 Å². The van der Waals surface area contributed by atoms with Crippen molar-refractivity contribution < 1.29 is 39.8 Å². The van der Waals surface area contributed by atoms with E-state index in [9.17, 15) is 30.3 Å². The molecule has 9 heteroatoms. The van der Waals surface area contributed by atoms with Crippen LogP contribution in [0.2, 0.25) is 0 Å². The third-order valence-electron chi connectivity index (χ3n) is 11.8. The lowest BCUT2D eigenvalue weighted by Gasteiger charge is -2.40. The third-order valence-corrected chi connectivity index (χ3v) is 11.8. The number of nitrogens with one attached hydrogen (secondary N) is 1. The van der Waals surface area contributed by atoms with Crippen LogP contribution in [-0.4, -0.2) is 87.5 Å². The van der Waals surface area contributed by atoms with E-state index in [0.717, 1.165) is 64.2 Å². The molecule has 0 saturated carbocycles. The minimum Gasteiger partial charge on any atom is -0.394 e. The Morgan fingerprint density at radius 1 is 0.556 bits per heavy atom. The first-order valence-corrected chi connectivity index (χ1v) is 25.7. The highest BCUT2D eigenvalue weighted by molar-refractivity contribution is 5.76. The van der Waals surface area contributed by atoms with E-state index in [0.29, 0.717) is 6.42 Å². The molecule has 1 amide bonds. The highest BCUT2D eigenvalue weighted by Crippen LogP contribution is 2.23. The fourth-order valence-electron chi connectivity index (χ4n) is 7.72. The molecule has 6 N–H and O–H groups in total. The Hall–Kier alpha value is -2.37. The van der Waals surface area contributed by atoms with Crippen LogP contribution in [0, 0.1) is 0 Å². The average molecular weight is 886 g/mol. The molecule has 1 saturated heterocycles. The van der Waals surface area contributed by atoms with E-state index in [1.54, 1.807) is 6.08 Å². The molecule has 9 nitrogen and oxygen atoms in total. The van der Waals surface area contributed by atoms with Gasteiger partial charge < -0.3 is 40.3 Å². The summed E-state index contributed by atoms with van der Waals surface area (Å²) >= 11 is 0. The number of allylic oxidation sites excluding steroid dienone is 11. The van der Waals surface area contributed by atoms with Gasteiger partial charge in [0.25, 0.3) is 0 Å². The third kappa shape index (κ3) is 33.7. The summed E-state index contributed by atoms with van der Waals surface area (Å²) in [6, 6.07) is -0.800. The summed E-state index contributed by atoms with van der Waals surface area (Å²) in [5, 5.41) is 53.5. The van der Waals surface area contributed by atoms with Gasteiger partial charge in [-0.15, -0.1) is 0 Å². The molecule has 7 unspecified atom stereocenters. The first kappa shape index (κ1) is 58.6. The smallest absolute Gasteiger partial charge is 0.220 e. The maximum absolute atomic E-state index is 12.8. The van der Waals surface area contributed by atoms with Gasteiger partial charge in [-0.25, -0.2) is 0 Å². The number of aliphatic hydroxyl groups is 5. The van der Waals surface area contributed by atoms with Crippen molar-refractivity contribution in [3.63, 3.8) is 0 Å². The standard InChI is InChI=1S/C54H95NO8/c1-3-5-7-8-9-10-11-12-13-14-15-16-17-18-19-20-21-22-23-24-25-26-27-28-29-30-31-32-33-34-35-36-37-38-39-40-42-44-50(58)55-47(48(57)43-41-6-4-2)46-62-54-53(61)52(60)51(59)49(45-56)63-54/h5,7,9-10,12-13,15-16,18-19,41,43,47-49,51-54,56-57,59-61H,3-4,6,8,11,14,17,20-40,42,44-46H2,1-2H3,(H,55,58)/b7-5-,10-9-,13-12-,16-15-,19-18-,43-41+. The van der Waals surface area contributed by atoms with E-state index in [4.69, 9.17) is 9.47 Å². The van der Waals surface area contributed by atoms with Crippen LogP contribution in [0.3, 0.4) is 0 Å². The van der Waals surface area contributed by atoms with Gasteiger partial charge >= 0.3 is 0 Å². The van der Waals surface area contributed by atoms with Crippen LogP contribution in [0.4, 0.5) is 0 Å². The fraction of sp³-hybridized carbons (Fsp3) is 0.759. The SMILES string of the molecule is CC/C=C\C/C=C\C/C=C\C/C=C\C/C=C\CCCCCCCCCCCCCCCCCCCCCCCC(=O)NC(COC1OC(CO)C(O)C(O)C1O)C(O)/C=C/CCC. The number of amides is 1. The second kappa shape index (κ2) is 43.5. The monoisotopic (exact) mass is 886 g/mol. The lowest BCUT2D eigenvalue weighted by atomic mass is 9.99. The molecule has 63 heavy (non-hydrogen) atoms. The van der Waals surface area contributed by atoms with Gasteiger partial charge in [0.2, 0.25) is 5.91 Å². The quantitative estimate of drug-likeness (QED) is 0.0262. The van der Waals surface area contributed by atoms with Gasteiger partial charge in [-0.2, -0.15) is 0 Å². The molecule has 0 aromatic heterocycles. The Morgan fingerprint density at radius 3 is 1.43 bits per heavy atom. The molecule has 1 heterocycles. The molecule has 0 spiro atoms. The Kier molecular flexibility index (Phi) is 40.5. The fourth-order valence-corrected chi connectivity index (χ4v) is 7.72. The summed E-state index contributed by atoms with van der Waals surface area (Å²) in [5.74, 6) is -0.189. The van der Waals surface area contributed by atoms with E-state index >= 15 is 0 Å². The zero-order chi connectivity index (χ0) is 45.9. The molecule has 0 aromatic rings. The van der Waals surface area contributed by atoms with Gasteiger partial charge in [0.1, 0.15) is 24.4 Å². The number of rotatable bonds is 42. The van der Waals surface area contributed by atoms with Crippen LogP contribution in [0.25, 0.3) is 0 Å². The summed E-state index contributed by atoms with van der Waals surface area (Å²) in [7, 11) is 0. The number of hydrogen-bond acceptors (Lipinski definition) is 8. The van der Waals surface area contributed by atoms with Crippen LogP contribution >= 0.6 is 0 Å². The molecule has 0 aliphatic carbocycles. The minimum atomic E-state index is -1.56. The summed E-state index contributed by atoms with van der Waals surface area (Å²) < 4.78 is 11.1. The van der Waals surface area contributed by atoms with Crippen LogP contribution < -0.4 is 5.32 Å². The number of aliphatic hydroxyl groups excluding tert-OH is 5. The van der Waals surface area contributed by atoms with E-state index in [-0.39, 0.29) is 12.5 Å². The predicted molar refractivity (Wildman–Crippen MR) is 262 cm³/mol. The average Bonchev–Trinajstić information content (AvgIpc) is 3.28. The van der Waals surface area contributed by atoms with E-state index < -0.39 is 49.5 Å². The number of unbranched alkanes of at least 4 members (excludes halogenated alkanes) is 22. The largest absolute Gasteiger partial charge is 0.394 e. The summed E-state index contributed by atoms with van der Waals surface area (Å²) in [5.41, 5.74) is 0. The van der Waals surface area contributed by atoms with Crippen molar-refractivity contribution in [1.29, 1.82) is 0 Å².